The van der Waals surface area contributed by atoms with Crippen LogP contribution in [-0.2, 0) is 0 Å². The van der Waals surface area contributed by atoms with Crippen molar-refractivity contribution in [3.8, 4) is 0 Å². The predicted octanol–water partition coefficient (Wildman–Crippen LogP) is 3.06. The van der Waals surface area contributed by atoms with E-state index >= 15 is 0 Å². The fourth-order valence-corrected chi connectivity index (χ4v) is 2.35. The Balaban J connectivity index is 2.60. The van der Waals surface area contributed by atoms with Crippen molar-refractivity contribution in [2.75, 3.05) is 6.54 Å². The van der Waals surface area contributed by atoms with Gasteiger partial charge in [0.2, 0.25) is 0 Å². The molecule has 1 fully saturated rings. The topological polar surface area (TPSA) is 12.0 Å². The van der Waals surface area contributed by atoms with Crippen LogP contribution in [0.1, 0.15) is 48.0 Å². The van der Waals surface area contributed by atoms with Crippen LogP contribution in [0.25, 0.3) is 0 Å². The second-order valence-corrected chi connectivity index (χ2v) is 6.20. The lowest BCUT2D eigenvalue weighted by molar-refractivity contribution is 0.226. The molecule has 2 atom stereocenters. The quantitative estimate of drug-likeness (QED) is 0.709. The molecule has 1 aliphatic carbocycles. The summed E-state index contributed by atoms with van der Waals surface area (Å²) in [7, 11) is 0. The highest BCUT2D eigenvalue weighted by molar-refractivity contribution is 5.05. The van der Waals surface area contributed by atoms with Crippen molar-refractivity contribution < 1.29 is 0 Å². The van der Waals surface area contributed by atoms with Gasteiger partial charge in [0.25, 0.3) is 0 Å². The minimum absolute atomic E-state index is 0.397. The first kappa shape index (κ1) is 11.0. The lowest BCUT2D eigenvalue weighted by Gasteiger charge is -2.33. The van der Waals surface area contributed by atoms with Crippen LogP contribution in [0, 0.1) is 16.7 Å². The second-order valence-electron chi connectivity index (χ2n) is 6.20. The van der Waals surface area contributed by atoms with Crippen molar-refractivity contribution in [1.82, 2.24) is 5.32 Å². The monoisotopic (exact) mass is 183 g/mol. The van der Waals surface area contributed by atoms with Gasteiger partial charge in [0, 0.05) is 6.04 Å². The number of rotatable bonds is 3. The van der Waals surface area contributed by atoms with E-state index in [1.54, 1.807) is 0 Å². The Morgan fingerprint density at radius 1 is 1.38 bits per heavy atom. The molecule has 1 nitrogen and oxygen atoms in total. The predicted molar refractivity (Wildman–Crippen MR) is 58.8 cm³/mol. The van der Waals surface area contributed by atoms with Crippen LogP contribution in [0.4, 0.5) is 0 Å². The molecule has 13 heavy (non-hydrogen) atoms. The Labute approximate surface area is 83.3 Å². The SMILES string of the molecule is CCNC(C1CC1(C)C)C(C)(C)C. The Bertz CT molecular complexity index is 176. The molecule has 2 unspecified atom stereocenters. The van der Waals surface area contributed by atoms with Crippen LogP contribution in [0.2, 0.25) is 0 Å². The lowest BCUT2D eigenvalue weighted by Crippen LogP contribution is -2.43. The molecular weight excluding hydrogens is 158 g/mol. The maximum atomic E-state index is 3.64. The zero-order valence-corrected chi connectivity index (χ0v) is 10.1. The van der Waals surface area contributed by atoms with Crippen LogP contribution in [0.5, 0.6) is 0 Å². The maximum absolute atomic E-state index is 3.64. The Morgan fingerprint density at radius 3 is 2.08 bits per heavy atom. The van der Waals surface area contributed by atoms with E-state index in [0.29, 0.717) is 16.9 Å². The molecule has 0 heterocycles. The molecule has 0 spiro atoms. The van der Waals surface area contributed by atoms with Crippen molar-refractivity contribution in [1.29, 1.82) is 0 Å². The zero-order valence-electron chi connectivity index (χ0n) is 10.1. The van der Waals surface area contributed by atoms with Gasteiger partial charge in [-0.3, -0.25) is 0 Å². The van der Waals surface area contributed by atoms with E-state index in [1.165, 1.54) is 6.42 Å². The third-order valence-electron chi connectivity index (χ3n) is 3.35. The van der Waals surface area contributed by atoms with Crippen molar-refractivity contribution in [3.63, 3.8) is 0 Å². The molecule has 78 valence electrons. The van der Waals surface area contributed by atoms with E-state index in [0.717, 1.165) is 12.5 Å². The Kier molecular flexibility index (Phi) is 2.78. The molecule has 0 amide bonds. The van der Waals surface area contributed by atoms with Crippen LogP contribution in [0.15, 0.2) is 0 Å². The van der Waals surface area contributed by atoms with Crippen molar-refractivity contribution in [3.05, 3.63) is 0 Å². The summed E-state index contributed by atoms with van der Waals surface area (Å²) in [6.07, 6.45) is 1.39. The second kappa shape index (κ2) is 3.27. The van der Waals surface area contributed by atoms with Crippen molar-refractivity contribution in [2.24, 2.45) is 16.7 Å². The summed E-state index contributed by atoms with van der Waals surface area (Å²) in [6.45, 7) is 15.1. The van der Waals surface area contributed by atoms with E-state index in [9.17, 15) is 0 Å². The van der Waals surface area contributed by atoms with E-state index in [-0.39, 0.29) is 0 Å². The molecule has 0 aromatic rings. The van der Waals surface area contributed by atoms with E-state index in [2.05, 4.69) is 46.9 Å². The third-order valence-corrected chi connectivity index (χ3v) is 3.35. The minimum atomic E-state index is 0.397. The molecule has 0 bridgehead atoms. The highest BCUT2D eigenvalue weighted by Gasteiger charge is 2.52. The molecule has 0 radical (unpaired) electrons. The van der Waals surface area contributed by atoms with E-state index in [1.807, 2.05) is 0 Å². The van der Waals surface area contributed by atoms with Crippen LogP contribution >= 0.6 is 0 Å². The molecule has 0 aromatic carbocycles. The highest BCUT2D eigenvalue weighted by atomic mass is 15.0. The third kappa shape index (κ3) is 2.46. The van der Waals surface area contributed by atoms with Crippen LogP contribution in [0.3, 0.4) is 0 Å². The number of hydrogen-bond donors (Lipinski definition) is 1. The van der Waals surface area contributed by atoms with Crippen molar-refractivity contribution >= 4 is 0 Å². The summed E-state index contributed by atoms with van der Waals surface area (Å²) in [4.78, 5) is 0. The first-order valence-corrected chi connectivity index (χ1v) is 5.52. The van der Waals surface area contributed by atoms with Gasteiger partial charge in [-0.05, 0) is 29.7 Å². The summed E-state index contributed by atoms with van der Waals surface area (Å²) in [5.41, 5.74) is 0.981. The van der Waals surface area contributed by atoms with Gasteiger partial charge < -0.3 is 5.32 Å². The normalized spacial score (nSPS) is 28.6. The molecule has 1 N–H and O–H groups in total. The van der Waals surface area contributed by atoms with Gasteiger partial charge in [0.05, 0.1) is 0 Å². The molecule has 1 aliphatic rings. The van der Waals surface area contributed by atoms with Crippen molar-refractivity contribution in [2.45, 2.75) is 54.0 Å². The summed E-state index contributed by atoms with van der Waals surface area (Å²) in [6, 6.07) is 0.687. The fourth-order valence-electron chi connectivity index (χ4n) is 2.35. The lowest BCUT2D eigenvalue weighted by atomic mass is 9.81. The molecule has 0 aromatic heterocycles. The molecule has 0 saturated heterocycles. The van der Waals surface area contributed by atoms with Gasteiger partial charge in [0.1, 0.15) is 0 Å². The smallest absolute Gasteiger partial charge is 0.0149 e. The Morgan fingerprint density at radius 2 is 1.85 bits per heavy atom. The van der Waals surface area contributed by atoms with E-state index < -0.39 is 0 Å². The summed E-state index contributed by atoms with van der Waals surface area (Å²) < 4.78 is 0. The maximum Gasteiger partial charge on any atom is 0.0149 e. The largest absolute Gasteiger partial charge is 0.313 e. The zero-order chi connectivity index (χ0) is 10.3. The Hall–Kier alpha value is -0.0400. The molecule has 1 heteroatoms. The van der Waals surface area contributed by atoms with E-state index in [4.69, 9.17) is 0 Å². The highest BCUT2D eigenvalue weighted by Crippen LogP contribution is 2.56. The van der Waals surface area contributed by atoms with Gasteiger partial charge in [-0.2, -0.15) is 0 Å². The molecule has 0 aliphatic heterocycles. The van der Waals surface area contributed by atoms with Crippen LogP contribution < -0.4 is 5.32 Å². The number of hydrogen-bond acceptors (Lipinski definition) is 1. The van der Waals surface area contributed by atoms with Gasteiger partial charge in [0.15, 0.2) is 0 Å². The number of nitrogens with one attached hydrogen (secondary N) is 1. The summed E-state index contributed by atoms with van der Waals surface area (Å²) >= 11 is 0. The van der Waals surface area contributed by atoms with Gasteiger partial charge >= 0.3 is 0 Å². The fraction of sp³-hybridized carbons (Fsp3) is 1.00. The standard InChI is InChI=1S/C12H25N/c1-7-13-10(11(2,3)4)9-8-12(9,5)6/h9-10,13H,7-8H2,1-6H3. The summed E-state index contributed by atoms with van der Waals surface area (Å²) in [5, 5.41) is 3.64. The first-order valence-electron chi connectivity index (χ1n) is 5.52. The average Bonchev–Trinajstić information content (AvgIpc) is 2.52. The molecule has 1 saturated carbocycles. The minimum Gasteiger partial charge on any atom is -0.313 e. The summed E-state index contributed by atoms with van der Waals surface area (Å²) in [5.74, 6) is 0.882. The molecule has 1 rings (SSSR count). The van der Waals surface area contributed by atoms with Crippen LogP contribution in [-0.4, -0.2) is 12.6 Å². The average molecular weight is 183 g/mol. The molecular formula is C12H25N. The van der Waals surface area contributed by atoms with Gasteiger partial charge in [-0.15, -0.1) is 0 Å². The van der Waals surface area contributed by atoms with Gasteiger partial charge in [-0.25, -0.2) is 0 Å². The first-order chi connectivity index (χ1) is 5.79. The van der Waals surface area contributed by atoms with Gasteiger partial charge in [-0.1, -0.05) is 41.5 Å².